The number of fused-ring (bicyclic) bond motifs is 1. The van der Waals surface area contributed by atoms with Gasteiger partial charge in [-0.2, -0.15) is 4.98 Å². The van der Waals surface area contributed by atoms with Crippen molar-refractivity contribution < 1.29 is 19.7 Å². The van der Waals surface area contributed by atoms with Crippen molar-refractivity contribution in [2.24, 2.45) is 0 Å². The minimum atomic E-state index is -1.05. The third-order valence-electron chi connectivity index (χ3n) is 7.71. The molecular weight excluding hydrogens is 520 g/mol. The molecule has 2 atom stereocenters. The Balaban J connectivity index is 1.31. The quantitative estimate of drug-likeness (QED) is 0.251. The Morgan fingerprint density at radius 3 is 2.73 bits per heavy atom. The minimum absolute atomic E-state index is 0.220. The first-order valence-corrected chi connectivity index (χ1v) is 13.7. The fourth-order valence-corrected chi connectivity index (χ4v) is 5.09. The summed E-state index contributed by atoms with van der Waals surface area (Å²) in [5.41, 5.74) is 3.98. The number of hydrogen-bond acceptors (Lipinski definition) is 8. The largest absolute Gasteiger partial charge is 0.507 e. The summed E-state index contributed by atoms with van der Waals surface area (Å²) in [5.74, 6) is 2.62. The van der Waals surface area contributed by atoms with Crippen LogP contribution in [0.1, 0.15) is 53.9 Å². The normalized spacial score (nSPS) is 16.9. The Hall–Kier alpha value is -4.44. The van der Waals surface area contributed by atoms with Gasteiger partial charge in [0.25, 0.3) is 5.91 Å². The Labute approximate surface area is 239 Å². The molecule has 0 aliphatic carbocycles. The SMILES string of the molecule is Cc1c(C)c2c(c(C)c1O)CCC(C)(C(=O)Nc1cccc(Cc3nccn3-c3ccnc(NCC(C)O)n3)c1)O2. The van der Waals surface area contributed by atoms with Gasteiger partial charge in [0.1, 0.15) is 23.1 Å². The number of aliphatic hydroxyl groups is 1. The predicted octanol–water partition coefficient (Wildman–Crippen LogP) is 4.40. The van der Waals surface area contributed by atoms with E-state index < -0.39 is 11.7 Å². The number of ether oxygens (including phenoxy) is 1. The molecule has 10 nitrogen and oxygen atoms in total. The van der Waals surface area contributed by atoms with Crippen molar-refractivity contribution >= 4 is 17.5 Å². The van der Waals surface area contributed by atoms with Crippen molar-refractivity contribution in [3.05, 3.63) is 82.6 Å². The van der Waals surface area contributed by atoms with Crippen LogP contribution in [-0.4, -0.2) is 53.9 Å². The van der Waals surface area contributed by atoms with E-state index in [1.54, 1.807) is 25.4 Å². The molecule has 0 spiro atoms. The van der Waals surface area contributed by atoms with Crippen LogP contribution >= 0.6 is 0 Å². The number of aromatic hydroxyl groups is 1. The maximum atomic E-state index is 13.5. The van der Waals surface area contributed by atoms with E-state index >= 15 is 0 Å². The molecule has 5 rings (SSSR count). The number of imidazole rings is 1. The van der Waals surface area contributed by atoms with E-state index in [2.05, 4.69) is 25.6 Å². The van der Waals surface area contributed by atoms with Crippen LogP contribution in [0.5, 0.6) is 11.5 Å². The van der Waals surface area contributed by atoms with Crippen LogP contribution < -0.4 is 15.4 Å². The van der Waals surface area contributed by atoms with Gasteiger partial charge in [0, 0.05) is 49.2 Å². The molecule has 41 heavy (non-hydrogen) atoms. The van der Waals surface area contributed by atoms with Crippen LogP contribution in [0.15, 0.2) is 48.9 Å². The second-order valence-electron chi connectivity index (χ2n) is 10.9. The number of benzene rings is 2. The zero-order valence-electron chi connectivity index (χ0n) is 24.0. The average molecular weight is 557 g/mol. The fourth-order valence-electron chi connectivity index (χ4n) is 5.09. The van der Waals surface area contributed by atoms with Crippen molar-refractivity contribution in [3.63, 3.8) is 0 Å². The molecule has 3 heterocycles. The Morgan fingerprint density at radius 2 is 1.95 bits per heavy atom. The van der Waals surface area contributed by atoms with Crippen molar-refractivity contribution in [2.75, 3.05) is 17.2 Å². The minimum Gasteiger partial charge on any atom is -0.507 e. The lowest BCUT2D eigenvalue weighted by Crippen LogP contribution is -2.48. The van der Waals surface area contributed by atoms with Gasteiger partial charge in [-0.05, 0) is 81.5 Å². The molecule has 0 saturated heterocycles. The van der Waals surface area contributed by atoms with Gasteiger partial charge in [-0.3, -0.25) is 9.36 Å². The molecular formula is C31H36N6O4. The topological polar surface area (TPSA) is 134 Å². The highest BCUT2D eigenvalue weighted by molar-refractivity contribution is 5.97. The molecule has 0 bridgehead atoms. The smallest absolute Gasteiger partial charge is 0.268 e. The summed E-state index contributed by atoms with van der Waals surface area (Å²) in [5, 5.41) is 26.1. The lowest BCUT2D eigenvalue weighted by molar-refractivity contribution is -0.131. The van der Waals surface area contributed by atoms with Gasteiger partial charge in [0.05, 0.1) is 6.10 Å². The van der Waals surface area contributed by atoms with Gasteiger partial charge in [-0.1, -0.05) is 12.1 Å². The van der Waals surface area contributed by atoms with E-state index in [4.69, 9.17) is 4.74 Å². The van der Waals surface area contributed by atoms with Gasteiger partial charge in [-0.15, -0.1) is 0 Å². The molecule has 2 aromatic carbocycles. The molecule has 10 heteroatoms. The van der Waals surface area contributed by atoms with E-state index in [1.165, 1.54) is 0 Å². The van der Waals surface area contributed by atoms with Crippen molar-refractivity contribution in [1.29, 1.82) is 0 Å². The van der Waals surface area contributed by atoms with E-state index in [0.717, 1.165) is 33.6 Å². The predicted molar refractivity (Wildman–Crippen MR) is 157 cm³/mol. The number of nitrogens with zero attached hydrogens (tertiary/aromatic N) is 4. The highest BCUT2D eigenvalue weighted by Crippen LogP contribution is 2.43. The first kappa shape index (κ1) is 28.1. The van der Waals surface area contributed by atoms with Gasteiger partial charge in [-0.25, -0.2) is 9.97 Å². The molecule has 1 aliphatic rings. The van der Waals surface area contributed by atoms with Gasteiger partial charge < -0.3 is 25.6 Å². The monoisotopic (exact) mass is 556 g/mol. The van der Waals surface area contributed by atoms with E-state index in [9.17, 15) is 15.0 Å². The maximum absolute atomic E-state index is 13.5. The fraction of sp³-hybridized carbons (Fsp3) is 0.355. The molecule has 2 unspecified atom stereocenters. The highest BCUT2D eigenvalue weighted by Gasteiger charge is 2.41. The van der Waals surface area contributed by atoms with E-state index in [-0.39, 0.29) is 5.91 Å². The summed E-state index contributed by atoms with van der Waals surface area (Å²) >= 11 is 0. The van der Waals surface area contributed by atoms with E-state index in [1.807, 2.05) is 62.7 Å². The van der Waals surface area contributed by atoms with Crippen LogP contribution in [0.3, 0.4) is 0 Å². The third-order valence-corrected chi connectivity index (χ3v) is 7.71. The van der Waals surface area contributed by atoms with Crippen molar-refractivity contribution in [1.82, 2.24) is 19.5 Å². The summed E-state index contributed by atoms with van der Waals surface area (Å²) < 4.78 is 8.24. The van der Waals surface area contributed by atoms with Crippen LogP contribution in [-0.2, 0) is 17.6 Å². The van der Waals surface area contributed by atoms with Crippen molar-refractivity contribution in [2.45, 2.75) is 65.6 Å². The Kier molecular flexibility index (Phi) is 7.68. The van der Waals surface area contributed by atoms with Crippen LogP contribution in [0.25, 0.3) is 5.82 Å². The number of anilines is 2. The first-order chi connectivity index (χ1) is 19.6. The van der Waals surface area contributed by atoms with Gasteiger partial charge >= 0.3 is 0 Å². The second-order valence-corrected chi connectivity index (χ2v) is 10.9. The molecule has 1 amide bonds. The average Bonchev–Trinajstić information content (AvgIpc) is 3.42. The number of phenols is 1. The summed E-state index contributed by atoms with van der Waals surface area (Å²) in [7, 11) is 0. The molecule has 1 aliphatic heterocycles. The molecule has 0 saturated carbocycles. The Bertz CT molecular complexity index is 1600. The summed E-state index contributed by atoms with van der Waals surface area (Å²) in [4.78, 5) is 26.8. The molecule has 0 fully saturated rings. The van der Waals surface area contributed by atoms with Crippen molar-refractivity contribution in [3.8, 4) is 17.3 Å². The standard InChI is InChI=1S/C31H36N6O4/c1-18(38)17-34-30-33-12-10-25(36-30)37-14-13-32-26(37)16-22-7-6-8-23(15-22)35-29(40)31(5)11-9-24-21(4)27(39)19(2)20(3)28(24)41-31/h6-8,10,12-15,18,38-39H,9,11,16-17H2,1-5H3,(H,35,40)(H,33,34,36). The number of carbonyl (C=O) groups is 1. The molecule has 214 valence electrons. The molecule has 0 radical (unpaired) electrons. The summed E-state index contributed by atoms with van der Waals surface area (Å²) in [6.45, 7) is 9.52. The van der Waals surface area contributed by atoms with Gasteiger partial charge in [0.2, 0.25) is 5.95 Å². The number of amides is 1. The summed E-state index contributed by atoms with van der Waals surface area (Å²) in [6, 6.07) is 9.48. The Morgan fingerprint density at radius 1 is 1.15 bits per heavy atom. The number of phenolic OH excluding ortho intramolecular Hbond substituents is 1. The van der Waals surface area contributed by atoms with Crippen LogP contribution in [0.2, 0.25) is 0 Å². The number of aliphatic hydroxyl groups excluding tert-OH is 1. The number of aromatic nitrogens is 4. The number of carbonyl (C=O) groups excluding carboxylic acids is 1. The number of hydrogen-bond donors (Lipinski definition) is 4. The lowest BCUT2D eigenvalue weighted by Gasteiger charge is -2.36. The first-order valence-electron chi connectivity index (χ1n) is 13.7. The molecule has 4 aromatic rings. The zero-order chi connectivity index (χ0) is 29.3. The second kappa shape index (κ2) is 11.2. The summed E-state index contributed by atoms with van der Waals surface area (Å²) in [6.07, 6.45) is 6.35. The van der Waals surface area contributed by atoms with Gasteiger partial charge in [0.15, 0.2) is 5.60 Å². The highest BCUT2D eigenvalue weighted by atomic mass is 16.5. The third kappa shape index (κ3) is 5.74. The van der Waals surface area contributed by atoms with E-state index in [0.29, 0.717) is 54.8 Å². The molecule has 4 N–H and O–H groups in total. The maximum Gasteiger partial charge on any atom is 0.268 e. The number of rotatable bonds is 8. The lowest BCUT2D eigenvalue weighted by atomic mass is 9.86. The van der Waals surface area contributed by atoms with Crippen LogP contribution in [0, 0.1) is 20.8 Å². The number of nitrogens with one attached hydrogen (secondary N) is 2. The zero-order valence-corrected chi connectivity index (χ0v) is 24.0. The van der Waals surface area contributed by atoms with Crippen LogP contribution in [0.4, 0.5) is 11.6 Å². The molecule has 2 aromatic heterocycles.